The Morgan fingerprint density at radius 2 is 1.40 bits per heavy atom. The zero-order valence-corrected chi connectivity index (χ0v) is 14.1. The first kappa shape index (κ1) is 14.3. The third-order valence-corrected chi connectivity index (χ3v) is 5.47. The lowest BCUT2D eigenvalue weighted by Crippen LogP contribution is -1.95. The Kier molecular flexibility index (Phi) is 3.28. The lowest BCUT2D eigenvalue weighted by atomic mass is 10.1. The number of thiophene rings is 1. The molecule has 25 heavy (non-hydrogen) atoms. The number of nitrogens with zero attached hydrogens (tertiary/aromatic N) is 3. The molecule has 0 atom stereocenters. The summed E-state index contributed by atoms with van der Waals surface area (Å²) in [4.78, 5) is 13.5. The summed E-state index contributed by atoms with van der Waals surface area (Å²) in [6.45, 7) is 0. The van der Waals surface area contributed by atoms with Crippen molar-refractivity contribution in [3.05, 3.63) is 79.1 Å². The summed E-state index contributed by atoms with van der Waals surface area (Å²) in [5.74, 6) is 1.41. The Morgan fingerprint density at radius 1 is 0.640 bits per heavy atom. The number of aromatic nitrogens is 3. The highest BCUT2D eigenvalue weighted by molar-refractivity contribution is 7.26. The fourth-order valence-electron chi connectivity index (χ4n) is 3.08. The molecule has 0 N–H and O–H groups in total. The van der Waals surface area contributed by atoms with Crippen molar-refractivity contribution in [2.45, 2.75) is 0 Å². The lowest BCUT2D eigenvalue weighted by Gasteiger charge is -2.04. The van der Waals surface area contributed by atoms with Gasteiger partial charge in [0.15, 0.2) is 11.6 Å². The first-order valence-electron chi connectivity index (χ1n) is 8.05. The molecule has 0 spiro atoms. The third-order valence-electron chi connectivity index (χ3n) is 4.25. The van der Waals surface area contributed by atoms with Gasteiger partial charge in [0.1, 0.15) is 6.33 Å². The molecule has 118 valence electrons. The Hall–Kier alpha value is -3.11. The lowest BCUT2D eigenvalue weighted by molar-refractivity contribution is 1.07. The van der Waals surface area contributed by atoms with Crippen LogP contribution in [0.3, 0.4) is 0 Å². The molecule has 0 aliphatic rings. The predicted molar refractivity (Wildman–Crippen MR) is 104 cm³/mol. The van der Waals surface area contributed by atoms with Gasteiger partial charge in [-0.15, -0.1) is 11.3 Å². The summed E-state index contributed by atoms with van der Waals surface area (Å²) in [5.41, 5.74) is 2.05. The van der Waals surface area contributed by atoms with Crippen LogP contribution in [-0.2, 0) is 0 Å². The average Bonchev–Trinajstić information content (AvgIpc) is 3.07. The summed E-state index contributed by atoms with van der Waals surface area (Å²) in [5, 5.41) is 2.53. The van der Waals surface area contributed by atoms with Gasteiger partial charge in [0.05, 0.1) is 0 Å². The van der Waals surface area contributed by atoms with Gasteiger partial charge in [-0.05, 0) is 12.1 Å². The second kappa shape index (κ2) is 5.76. The molecular weight excluding hydrogens is 326 g/mol. The molecule has 0 fully saturated rings. The number of hydrogen-bond donors (Lipinski definition) is 0. The maximum absolute atomic E-state index is 4.72. The molecule has 0 radical (unpaired) electrons. The molecule has 0 unspecified atom stereocenters. The molecule has 3 nitrogen and oxygen atoms in total. The van der Waals surface area contributed by atoms with Crippen LogP contribution in [0.15, 0.2) is 79.1 Å². The predicted octanol–water partition coefficient (Wildman–Crippen LogP) is 5.57. The highest BCUT2D eigenvalue weighted by Crippen LogP contribution is 2.38. The second-order valence-corrected chi connectivity index (χ2v) is 6.83. The Morgan fingerprint density at radius 3 is 2.32 bits per heavy atom. The van der Waals surface area contributed by atoms with Gasteiger partial charge < -0.3 is 0 Å². The van der Waals surface area contributed by atoms with Crippen molar-refractivity contribution in [1.82, 2.24) is 15.0 Å². The van der Waals surface area contributed by atoms with Crippen molar-refractivity contribution in [3.8, 4) is 22.8 Å². The summed E-state index contributed by atoms with van der Waals surface area (Å²) in [6, 6.07) is 24.8. The van der Waals surface area contributed by atoms with Gasteiger partial charge in [-0.3, -0.25) is 0 Å². The summed E-state index contributed by atoms with van der Waals surface area (Å²) >= 11 is 1.78. The molecule has 0 saturated heterocycles. The van der Waals surface area contributed by atoms with Crippen LogP contribution in [0.5, 0.6) is 0 Å². The molecule has 3 aromatic carbocycles. The smallest absolute Gasteiger partial charge is 0.164 e. The van der Waals surface area contributed by atoms with Gasteiger partial charge in [0.25, 0.3) is 0 Å². The highest BCUT2D eigenvalue weighted by atomic mass is 32.1. The molecule has 5 aromatic rings. The molecule has 2 heterocycles. The van der Waals surface area contributed by atoms with Gasteiger partial charge in [0, 0.05) is 31.3 Å². The highest BCUT2D eigenvalue weighted by Gasteiger charge is 2.12. The van der Waals surface area contributed by atoms with E-state index >= 15 is 0 Å². The van der Waals surface area contributed by atoms with Gasteiger partial charge >= 0.3 is 0 Å². The fourth-order valence-corrected chi connectivity index (χ4v) is 4.29. The molecule has 0 aliphatic heterocycles. The fraction of sp³-hybridized carbons (Fsp3) is 0. The minimum absolute atomic E-state index is 0.698. The SMILES string of the molecule is c1ccc(-c2ncnc(-c3cccc4c3sc3ccccc34)n2)cc1. The standard InChI is InChI=1S/C21H13N3S/c1-2-7-14(8-3-1)20-22-13-23-21(24-20)17-11-6-10-16-15-9-4-5-12-18(15)25-19(16)17/h1-13H. The number of rotatable bonds is 2. The molecule has 0 saturated carbocycles. The van der Waals surface area contributed by atoms with E-state index in [0.29, 0.717) is 11.6 Å². The maximum Gasteiger partial charge on any atom is 0.164 e. The normalized spacial score (nSPS) is 11.2. The second-order valence-electron chi connectivity index (χ2n) is 5.78. The van der Waals surface area contributed by atoms with Crippen LogP contribution in [0.4, 0.5) is 0 Å². The van der Waals surface area contributed by atoms with Crippen LogP contribution in [-0.4, -0.2) is 15.0 Å². The van der Waals surface area contributed by atoms with E-state index < -0.39 is 0 Å². The van der Waals surface area contributed by atoms with E-state index in [1.165, 1.54) is 20.2 Å². The van der Waals surface area contributed by atoms with Crippen molar-refractivity contribution in [3.63, 3.8) is 0 Å². The first-order valence-corrected chi connectivity index (χ1v) is 8.87. The topological polar surface area (TPSA) is 38.7 Å². The van der Waals surface area contributed by atoms with Crippen LogP contribution in [0.1, 0.15) is 0 Å². The van der Waals surface area contributed by atoms with Crippen molar-refractivity contribution in [2.24, 2.45) is 0 Å². The van der Waals surface area contributed by atoms with Crippen LogP contribution in [0.25, 0.3) is 42.9 Å². The van der Waals surface area contributed by atoms with Crippen LogP contribution < -0.4 is 0 Å². The number of fused-ring (bicyclic) bond motifs is 3. The van der Waals surface area contributed by atoms with Crippen molar-refractivity contribution >= 4 is 31.5 Å². The largest absolute Gasteiger partial charge is 0.217 e. The molecular formula is C21H13N3S. The van der Waals surface area contributed by atoms with Crippen LogP contribution in [0, 0.1) is 0 Å². The monoisotopic (exact) mass is 339 g/mol. The number of hydrogen-bond acceptors (Lipinski definition) is 4. The van der Waals surface area contributed by atoms with Crippen LogP contribution in [0.2, 0.25) is 0 Å². The molecule has 2 aromatic heterocycles. The van der Waals surface area contributed by atoms with E-state index in [9.17, 15) is 0 Å². The van der Waals surface area contributed by atoms with Crippen molar-refractivity contribution in [2.75, 3.05) is 0 Å². The van der Waals surface area contributed by atoms with Gasteiger partial charge in [-0.1, -0.05) is 60.7 Å². The summed E-state index contributed by atoms with van der Waals surface area (Å²) < 4.78 is 2.50. The van der Waals surface area contributed by atoms with Gasteiger partial charge in [-0.25, -0.2) is 15.0 Å². The molecule has 4 heteroatoms. The first-order chi connectivity index (χ1) is 12.4. The Bertz CT molecular complexity index is 1200. The Balaban J connectivity index is 1.74. The quantitative estimate of drug-likeness (QED) is 0.422. The third kappa shape index (κ3) is 2.39. The summed E-state index contributed by atoms with van der Waals surface area (Å²) in [7, 11) is 0. The van der Waals surface area contributed by atoms with Crippen LogP contribution >= 0.6 is 11.3 Å². The van der Waals surface area contributed by atoms with E-state index in [1.807, 2.05) is 30.3 Å². The minimum Gasteiger partial charge on any atom is -0.217 e. The minimum atomic E-state index is 0.698. The van der Waals surface area contributed by atoms with Crippen molar-refractivity contribution in [1.29, 1.82) is 0 Å². The Labute approximate surface area is 148 Å². The summed E-state index contributed by atoms with van der Waals surface area (Å²) in [6.07, 6.45) is 1.59. The molecule has 0 bridgehead atoms. The van der Waals surface area contributed by atoms with Gasteiger partial charge in [-0.2, -0.15) is 0 Å². The van der Waals surface area contributed by atoms with E-state index in [1.54, 1.807) is 17.7 Å². The van der Waals surface area contributed by atoms with E-state index in [4.69, 9.17) is 4.98 Å². The maximum atomic E-state index is 4.72. The zero-order valence-electron chi connectivity index (χ0n) is 13.3. The van der Waals surface area contributed by atoms with E-state index in [2.05, 4.69) is 52.4 Å². The van der Waals surface area contributed by atoms with Gasteiger partial charge in [0.2, 0.25) is 0 Å². The molecule has 0 amide bonds. The molecule has 0 aliphatic carbocycles. The number of benzene rings is 3. The molecule has 5 rings (SSSR count). The van der Waals surface area contributed by atoms with E-state index in [-0.39, 0.29) is 0 Å². The van der Waals surface area contributed by atoms with Crippen molar-refractivity contribution < 1.29 is 0 Å². The average molecular weight is 339 g/mol. The zero-order chi connectivity index (χ0) is 16.6. The van der Waals surface area contributed by atoms with E-state index in [0.717, 1.165) is 11.1 Å².